The van der Waals surface area contributed by atoms with Gasteiger partial charge in [0.25, 0.3) is 5.91 Å². The monoisotopic (exact) mass is 392 g/mol. The summed E-state index contributed by atoms with van der Waals surface area (Å²) in [6, 6.07) is 13.3. The van der Waals surface area contributed by atoms with E-state index >= 15 is 0 Å². The molecule has 0 fully saturated rings. The van der Waals surface area contributed by atoms with E-state index in [9.17, 15) is 4.79 Å². The number of methoxy groups -OCH3 is 2. The van der Waals surface area contributed by atoms with E-state index in [4.69, 9.17) is 9.47 Å². The van der Waals surface area contributed by atoms with E-state index in [1.165, 1.54) is 25.1 Å². The lowest BCUT2D eigenvalue weighted by molar-refractivity contribution is 0.102. The van der Waals surface area contributed by atoms with Crippen molar-refractivity contribution in [1.82, 2.24) is 9.97 Å². The number of ether oxygens (including phenoxy) is 2. The third-order valence-electron chi connectivity index (χ3n) is 4.38. The second kappa shape index (κ2) is 9.05. The Hall–Kier alpha value is -3.61. The van der Waals surface area contributed by atoms with Crippen molar-refractivity contribution in [2.24, 2.45) is 0 Å². The van der Waals surface area contributed by atoms with Crippen LogP contribution in [-0.2, 0) is 0 Å². The zero-order valence-electron chi connectivity index (χ0n) is 16.9. The van der Waals surface area contributed by atoms with Crippen LogP contribution in [0, 0.1) is 0 Å². The van der Waals surface area contributed by atoms with Gasteiger partial charge in [0.1, 0.15) is 11.5 Å². The van der Waals surface area contributed by atoms with Gasteiger partial charge in [0.15, 0.2) is 11.5 Å². The van der Waals surface area contributed by atoms with Gasteiger partial charge in [0.05, 0.1) is 26.6 Å². The predicted molar refractivity (Wildman–Crippen MR) is 113 cm³/mol. The van der Waals surface area contributed by atoms with E-state index in [2.05, 4.69) is 46.6 Å². The summed E-state index contributed by atoms with van der Waals surface area (Å²) in [5.74, 6) is 1.79. The van der Waals surface area contributed by atoms with Gasteiger partial charge >= 0.3 is 0 Å². The highest BCUT2D eigenvalue weighted by atomic mass is 16.5. The van der Waals surface area contributed by atoms with E-state index in [1.807, 2.05) is 12.1 Å². The molecule has 1 amide bonds. The van der Waals surface area contributed by atoms with E-state index in [0.717, 1.165) is 5.69 Å². The number of hydrogen-bond donors (Lipinski definition) is 2. The number of carbonyl (C=O) groups is 1. The minimum Gasteiger partial charge on any atom is -0.493 e. The molecule has 2 N–H and O–H groups in total. The van der Waals surface area contributed by atoms with Gasteiger partial charge in [-0.05, 0) is 35.7 Å². The van der Waals surface area contributed by atoms with Gasteiger partial charge in [-0.2, -0.15) is 0 Å². The van der Waals surface area contributed by atoms with Crippen molar-refractivity contribution in [1.29, 1.82) is 0 Å². The zero-order chi connectivity index (χ0) is 20.8. The van der Waals surface area contributed by atoms with Crippen LogP contribution in [0.15, 0.2) is 54.9 Å². The highest BCUT2D eigenvalue weighted by molar-refractivity contribution is 6.02. The Bertz CT molecular complexity index is 970. The smallest absolute Gasteiger partial charge is 0.275 e. The Morgan fingerprint density at radius 2 is 1.59 bits per heavy atom. The molecule has 150 valence electrons. The van der Waals surface area contributed by atoms with Crippen molar-refractivity contribution in [3.63, 3.8) is 0 Å². The van der Waals surface area contributed by atoms with Gasteiger partial charge in [-0.1, -0.05) is 26.0 Å². The second-order valence-electron chi connectivity index (χ2n) is 6.71. The largest absolute Gasteiger partial charge is 0.493 e. The number of hydrogen-bond acceptors (Lipinski definition) is 6. The van der Waals surface area contributed by atoms with Crippen LogP contribution in [0.1, 0.15) is 35.8 Å². The van der Waals surface area contributed by atoms with Crippen LogP contribution in [0.2, 0.25) is 0 Å². The molecular weight excluding hydrogens is 368 g/mol. The summed E-state index contributed by atoms with van der Waals surface area (Å²) in [5.41, 5.74) is 2.96. The Labute approximate surface area is 170 Å². The van der Waals surface area contributed by atoms with Gasteiger partial charge in [0, 0.05) is 17.4 Å². The van der Waals surface area contributed by atoms with Crippen LogP contribution in [-0.4, -0.2) is 30.1 Å². The van der Waals surface area contributed by atoms with Crippen molar-refractivity contribution in [3.05, 3.63) is 66.1 Å². The van der Waals surface area contributed by atoms with Crippen molar-refractivity contribution in [3.8, 4) is 11.5 Å². The molecule has 3 aromatic rings. The predicted octanol–water partition coefficient (Wildman–Crippen LogP) is 4.61. The van der Waals surface area contributed by atoms with Gasteiger partial charge in [-0.25, -0.2) is 9.97 Å². The summed E-state index contributed by atoms with van der Waals surface area (Å²) >= 11 is 0. The number of amides is 1. The summed E-state index contributed by atoms with van der Waals surface area (Å²) in [4.78, 5) is 20.9. The number of rotatable bonds is 7. The fourth-order valence-electron chi connectivity index (χ4n) is 2.72. The molecule has 3 rings (SSSR count). The minimum atomic E-state index is -0.363. The number of nitrogens with one attached hydrogen (secondary N) is 2. The van der Waals surface area contributed by atoms with Gasteiger partial charge < -0.3 is 20.1 Å². The maximum Gasteiger partial charge on any atom is 0.275 e. The lowest BCUT2D eigenvalue weighted by atomic mass is 10.0. The maximum absolute atomic E-state index is 12.4. The quantitative estimate of drug-likeness (QED) is 0.611. The molecule has 1 aromatic heterocycles. The lowest BCUT2D eigenvalue weighted by Crippen LogP contribution is -2.14. The van der Waals surface area contributed by atoms with Crippen LogP contribution < -0.4 is 20.1 Å². The lowest BCUT2D eigenvalue weighted by Gasteiger charge is -2.11. The van der Waals surface area contributed by atoms with Crippen molar-refractivity contribution in [2.45, 2.75) is 19.8 Å². The van der Waals surface area contributed by atoms with E-state index < -0.39 is 0 Å². The number of carbonyl (C=O) groups excluding carboxylic acids is 1. The van der Waals surface area contributed by atoms with Crippen LogP contribution in [0.3, 0.4) is 0 Å². The fraction of sp³-hybridized carbons (Fsp3) is 0.227. The zero-order valence-corrected chi connectivity index (χ0v) is 16.9. The molecular formula is C22H24N4O3. The molecule has 0 spiro atoms. The first kappa shape index (κ1) is 20.1. The molecule has 0 unspecified atom stereocenters. The first-order valence-corrected chi connectivity index (χ1v) is 9.22. The van der Waals surface area contributed by atoms with Gasteiger partial charge in [-0.3, -0.25) is 4.79 Å². The summed E-state index contributed by atoms with van der Waals surface area (Å²) < 4.78 is 10.4. The molecule has 0 saturated heterocycles. The molecule has 0 radical (unpaired) electrons. The Morgan fingerprint density at radius 3 is 2.17 bits per heavy atom. The molecule has 2 aromatic carbocycles. The number of benzene rings is 2. The number of nitrogens with zero attached hydrogens (tertiary/aromatic N) is 2. The van der Waals surface area contributed by atoms with Crippen molar-refractivity contribution in [2.75, 3.05) is 24.9 Å². The Morgan fingerprint density at radius 1 is 0.897 bits per heavy atom. The molecule has 0 aliphatic carbocycles. The molecule has 29 heavy (non-hydrogen) atoms. The normalized spacial score (nSPS) is 10.5. The second-order valence-corrected chi connectivity index (χ2v) is 6.71. The van der Waals surface area contributed by atoms with Crippen LogP contribution in [0.5, 0.6) is 11.5 Å². The van der Waals surface area contributed by atoms with E-state index in [1.54, 1.807) is 25.3 Å². The Balaban J connectivity index is 1.65. The minimum absolute atomic E-state index is 0.209. The van der Waals surface area contributed by atoms with Gasteiger partial charge in [0.2, 0.25) is 0 Å². The highest BCUT2D eigenvalue weighted by Gasteiger charge is 2.11. The average Bonchev–Trinajstić information content (AvgIpc) is 2.74. The van der Waals surface area contributed by atoms with Crippen LogP contribution in [0.25, 0.3) is 0 Å². The molecule has 1 heterocycles. The van der Waals surface area contributed by atoms with Crippen molar-refractivity contribution >= 4 is 23.1 Å². The molecule has 7 heteroatoms. The third-order valence-corrected chi connectivity index (χ3v) is 4.38. The van der Waals surface area contributed by atoms with E-state index in [0.29, 0.717) is 28.9 Å². The molecule has 0 bridgehead atoms. The third kappa shape index (κ3) is 5.01. The standard InChI is InChI=1S/C22H24N4O3/c1-14(2)15-5-7-16(8-6-15)25-21-13-23-18(12-24-21)22(27)26-17-9-10-19(28-3)20(11-17)29-4/h5-14H,1-4H3,(H,24,25)(H,26,27). The molecule has 7 nitrogen and oxygen atoms in total. The molecule has 0 aliphatic heterocycles. The summed E-state index contributed by atoms with van der Waals surface area (Å²) in [5, 5.41) is 5.95. The highest BCUT2D eigenvalue weighted by Crippen LogP contribution is 2.29. The van der Waals surface area contributed by atoms with Gasteiger partial charge in [-0.15, -0.1) is 0 Å². The van der Waals surface area contributed by atoms with E-state index in [-0.39, 0.29) is 11.6 Å². The molecule has 0 aliphatic rings. The summed E-state index contributed by atoms with van der Waals surface area (Å²) in [7, 11) is 3.09. The van der Waals surface area contributed by atoms with Crippen molar-refractivity contribution < 1.29 is 14.3 Å². The average molecular weight is 392 g/mol. The number of aromatic nitrogens is 2. The maximum atomic E-state index is 12.4. The fourth-order valence-corrected chi connectivity index (χ4v) is 2.72. The SMILES string of the molecule is COc1ccc(NC(=O)c2cnc(Nc3ccc(C(C)C)cc3)cn2)cc1OC. The Kier molecular flexibility index (Phi) is 6.29. The van der Waals surface area contributed by atoms with Crippen LogP contribution in [0.4, 0.5) is 17.2 Å². The van der Waals surface area contributed by atoms with Crippen LogP contribution >= 0.6 is 0 Å². The molecule has 0 saturated carbocycles. The molecule has 0 atom stereocenters. The first-order chi connectivity index (χ1) is 14.0. The first-order valence-electron chi connectivity index (χ1n) is 9.22. The summed E-state index contributed by atoms with van der Waals surface area (Å²) in [6.45, 7) is 4.30. The number of anilines is 3. The summed E-state index contributed by atoms with van der Waals surface area (Å²) in [6.07, 6.45) is 2.96. The topological polar surface area (TPSA) is 85.4 Å².